The summed E-state index contributed by atoms with van der Waals surface area (Å²) in [6.07, 6.45) is 16.0. The Morgan fingerprint density at radius 2 is 0.784 bits per heavy atom. The van der Waals surface area contributed by atoms with Gasteiger partial charge in [0.05, 0.1) is 4.90 Å². The molecule has 0 aliphatic heterocycles. The van der Waals surface area contributed by atoms with Gasteiger partial charge in [-0.25, -0.2) is 0 Å². The third-order valence-electron chi connectivity index (χ3n) is 1.61. The van der Waals surface area contributed by atoms with Crippen molar-refractivity contribution in [2.45, 2.75) is 66.7 Å². The Labute approximate surface area is 233 Å². The van der Waals surface area contributed by atoms with Crippen molar-refractivity contribution in [3.8, 4) is 0 Å². The lowest BCUT2D eigenvalue weighted by molar-refractivity contribution is 0.482. The first-order chi connectivity index (χ1) is 17.4. The monoisotopic (exact) mass is 534 g/mol. The third-order valence-corrected chi connectivity index (χ3v) is 2.57. The van der Waals surface area contributed by atoms with E-state index in [2.05, 4.69) is 59.2 Å². The van der Waals surface area contributed by atoms with Crippen LogP contribution in [0.15, 0.2) is 143 Å². The maximum absolute atomic E-state index is 10.8. The summed E-state index contributed by atoms with van der Waals surface area (Å²) in [6.45, 7) is 45.5. The summed E-state index contributed by atoms with van der Waals surface area (Å²) in [6, 6.07) is 6.29. The standard InChI is InChI=1S/C9H10O3S.8C3H6/c1-2-5-8-6-3-4-7-9(8)13(10,11)12;8*1-3-2/h2-4,6-7H,1,5H2,(H,10,11,12);8*3H,1H2,2H3. The van der Waals surface area contributed by atoms with Gasteiger partial charge in [-0.1, -0.05) is 72.9 Å². The van der Waals surface area contributed by atoms with Gasteiger partial charge >= 0.3 is 0 Å². The Kier molecular flexibility index (Phi) is 94.2. The third kappa shape index (κ3) is 110. The van der Waals surface area contributed by atoms with Crippen molar-refractivity contribution < 1.29 is 13.0 Å². The van der Waals surface area contributed by atoms with Crippen molar-refractivity contribution in [2.24, 2.45) is 0 Å². The van der Waals surface area contributed by atoms with E-state index in [1.165, 1.54) is 6.07 Å². The van der Waals surface area contributed by atoms with Crippen LogP contribution in [0.1, 0.15) is 61.0 Å². The molecule has 0 fully saturated rings. The van der Waals surface area contributed by atoms with Gasteiger partial charge in [0.25, 0.3) is 10.1 Å². The largest absolute Gasteiger partial charge is 0.294 e. The first-order valence-electron chi connectivity index (χ1n) is 11.6. The smallest absolute Gasteiger partial charge is 0.282 e. The van der Waals surface area contributed by atoms with E-state index in [1.807, 2.05) is 55.4 Å². The maximum atomic E-state index is 10.8. The summed E-state index contributed by atoms with van der Waals surface area (Å²) < 4.78 is 30.5. The lowest BCUT2D eigenvalue weighted by Crippen LogP contribution is -2.02. The van der Waals surface area contributed by atoms with Gasteiger partial charge in [0.1, 0.15) is 0 Å². The van der Waals surface area contributed by atoms with Crippen LogP contribution >= 0.6 is 0 Å². The van der Waals surface area contributed by atoms with E-state index < -0.39 is 10.1 Å². The fraction of sp³-hybridized carbons (Fsp3) is 0.273. The minimum Gasteiger partial charge on any atom is -0.282 e. The number of benzene rings is 1. The maximum Gasteiger partial charge on any atom is 0.294 e. The van der Waals surface area contributed by atoms with Gasteiger partial charge in [-0.2, -0.15) is 8.42 Å². The number of allylic oxidation sites excluding steroid dienone is 9. The second kappa shape index (κ2) is 63.8. The Bertz CT molecular complexity index is 669. The van der Waals surface area contributed by atoms with E-state index in [0.29, 0.717) is 12.0 Å². The normalized spacial score (nSPS) is 6.73. The molecule has 37 heavy (non-hydrogen) atoms. The zero-order valence-electron chi connectivity index (χ0n) is 25.2. The van der Waals surface area contributed by atoms with Gasteiger partial charge in [0, 0.05) is 0 Å². The molecule has 1 rings (SSSR count). The van der Waals surface area contributed by atoms with Gasteiger partial charge in [-0.05, 0) is 73.4 Å². The minimum absolute atomic E-state index is 0.0464. The van der Waals surface area contributed by atoms with E-state index in [4.69, 9.17) is 4.55 Å². The molecule has 3 nitrogen and oxygen atoms in total. The number of hydrogen-bond acceptors (Lipinski definition) is 2. The number of rotatable bonds is 3. The summed E-state index contributed by atoms with van der Waals surface area (Å²) in [5.41, 5.74) is 0.556. The molecule has 0 aromatic heterocycles. The average molecular weight is 535 g/mol. The highest BCUT2D eigenvalue weighted by atomic mass is 32.2. The van der Waals surface area contributed by atoms with Gasteiger partial charge in [-0.3, -0.25) is 4.55 Å². The van der Waals surface area contributed by atoms with Crippen LogP contribution in [0.25, 0.3) is 0 Å². The predicted molar refractivity (Wildman–Crippen MR) is 177 cm³/mol. The Morgan fingerprint density at radius 1 is 0.568 bits per heavy atom. The summed E-state index contributed by atoms with van der Waals surface area (Å²) in [4.78, 5) is -0.0464. The molecule has 0 unspecified atom stereocenters. The SMILES string of the molecule is C=CC.C=CC.C=CC.C=CC.C=CC.C=CC.C=CC.C=CC.C=CCc1ccccc1S(=O)(=O)O. The molecular formula is C33H58O3S. The van der Waals surface area contributed by atoms with Crippen LogP contribution in [-0.2, 0) is 16.5 Å². The summed E-state index contributed by atoms with van der Waals surface area (Å²) >= 11 is 0. The van der Waals surface area contributed by atoms with E-state index in [9.17, 15) is 8.42 Å². The zero-order valence-corrected chi connectivity index (χ0v) is 26.1. The highest BCUT2D eigenvalue weighted by Gasteiger charge is 2.12. The van der Waals surface area contributed by atoms with E-state index in [0.717, 1.165) is 0 Å². The fourth-order valence-electron chi connectivity index (χ4n) is 1.08. The highest BCUT2D eigenvalue weighted by molar-refractivity contribution is 7.85. The van der Waals surface area contributed by atoms with Crippen LogP contribution in [0.2, 0.25) is 0 Å². The summed E-state index contributed by atoms with van der Waals surface area (Å²) in [7, 11) is -4.10. The lowest BCUT2D eigenvalue weighted by Gasteiger charge is -2.02. The van der Waals surface area contributed by atoms with Crippen LogP contribution in [0.4, 0.5) is 0 Å². The van der Waals surface area contributed by atoms with Crippen molar-refractivity contribution >= 4 is 10.1 Å². The van der Waals surface area contributed by atoms with Crippen molar-refractivity contribution in [1.82, 2.24) is 0 Å². The van der Waals surface area contributed by atoms with Gasteiger partial charge in [0.15, 0.2) is 0 Å². The summed E-state index contributed by atoms with van der Waals surface area (Å²) in [5, 5.41) is 0. The van der Waals surface area contributed by atoms with Gasteiger partial charge in [-0.15, -0.1) is 59.2 Å². The molecule has 1 N–H and O–H groups in total. The molecule has 4 heteroatoms. The molecule has 214 valence electrons. The molecule has 0 radical (unpaired) electrons. The van der Waals surface area contributed by atoms with Crippen LogP contribution in [-0.4, -0.2) is 13.0 Å². The predicted octanol–water partition coefficient (Wildman–Crippen LogP) is 11.2. The van der Waals surface area contributed by atoms with Crippen molar-refractivity contribution in [3.05, 3.63) is 144 Å². The molecule has 1 aromatic rings. The van der Waals surface area contributed by atoms with Crippen molar-refractivity contribution in [1.29, 1.82) is 0 Å². The first-order valence-corrected chi connectivity index (χ1v) is 13.0. The van der Waals surface area contributed by atoms with E-state index in [-0.39, 0.29) is 4.90 Å². The van der Waals surface area contributed by atoms with Crippen molar-refractivity contribution in [2.75, 3.05) is 0 Å². The van der Waals surface area contributed by atoms with Crippen molar-refractivity contribution in [3.63, 3.8) is 0 Å². The van der Waals surface area contributed by atoms with Crippen LogP contribution < -0.4 is 0 Å². The summed E-state index contributed by atoms with van der Waals surface area (Å²) in [5.74, 6) is 0. The molecule has 0 saturated carbocycles. The highest BCUT2D eigenvalue weighted by Crippen LogP contribution is 2.15. The van der Waals surface area contributed by atoms with E-state index >= 15 is 0 Å². The topological polar surface area (TPSA) is 54.4 Å². The van der Waals surface area contributed by atoms with Gasteiger partial charge < -0.3 is 0 Å². The Morgan fingerprint density at radius 3 is 0.973 bits per heavy atom. The molecule has 0 bridgehead atoms. The average Bonchev–Trinajstić information content (AvgIpc) is 2.78. The second-order valence-electron chi connectivity index (χ2n) is 5.84. The Balaban J connectivity index is -0.0000000489. The van der Waals surface area contributed by atoms with E-state index in [1.54, 1.807) is 72.9 Å². The fourth-order valence-corrected chi connectivity index (χ4v) is 1.81. The minimum atomic E-state index is -4.10. The van der Waals surface area contributed by atoms with Crippen LogP contribution in [0.5, 0.6) is 0 Å². The van der Waals surface area contributed by atoms with Crippen LogP contribution in [0, 0.1) is 0 Å². The molecule has 0 spiro atoms. The molecule has 0 heterocycles. The molecule has 0 aliphatic rings. The Hall–Kier alpha value is -3.21. The molecule has 0 amide bonds. The lowest BCUT2D eigenvalue weighted by atomic mass is 10.1. The number of hydrogen-bond donors (Lipinski definition) is 1. The molecule has 0 saturated heterocycles. The quantitative estimate of drug-likeness (QED) is 0.310. The van der Waals surface area contributed by atoms with Crippen LogP contribution in [0.3, 0.4) is 0 Å². The zero-order chi connectivity index (χ0) is 31.6. The first kappa shape index (κ1) is 54.6. The molecule has 0 atom stereocenters. The molecule has 1 aromatic carbocycles. The molecule has 0 aliphatic carbocycles. The molecular weight excluding hydrogens is 476 g/mol. The second-order valence-corrected chi connectivity index (χ2v) is 7.23. The van der Waals surface area contributed by atoms with Gasteiger partial charge in [0.2, 0.25) is 0 Å².